The van der Waals surface area contributed by atoms with Crippen LogP contribution in [0.1, 0.15) is 59.7 Å². The standard InChI is InChI=1S/C23H27FN2O2/c1-16(17-8-4-3-5-9-17)26(2)23(28)18-12-14-19(15-13-18)25-22(27)20-10-6-7-11-21(20)24/h6-7,10-17H,3-5,8-9H2,1-2H3,(H,25,27)/t16-/m1/s1. The van der Waals surface area contributed by atoms with Crippen molar-refractivity contribution in [2.75, 3.05) is 12.4 Å². The van der Waals surface area contributed by atoms with E-state index in [1.807, 2.05) is 11.9 Å². The van der Waals surface area contributed by atoms with E-state index in [1.165, 1.54) is 50.3 Å². The van der Waals surface area contributed by atoms with Gasteiger partial charge in [-0.3, -0.25) is 9.59 Å². The number of hydrogen-bond acceptors (Lipinski definition) is 2. The minimum absolute atomic E-state index is 0.0105. The molecule has 0 spiro atoms. The molecule has 3 rings (SSSR count). The topological polar surface area (TPSA) is 49.4 Å². The second-order valence-corrected chi connectivity index (χ2v) is 7.57. The summed E-state index contributed by atoms with van der Waals surface area (Å²) in [6.07, 6.45) is 6.14. The van der Waals surface area contributed by atoms with Crippen molar-refractivity contribution in [3.63, 3.8) is 0 Å². The molecule has 2 aromatic carbocycles. The third kappa shape index (κ3) is 4.58. The molecule has 5 heteroatoms. The Labute approximate surface area is 165 Å². The summed E-state index contributed by atoms with van der Waals surface area (Å²) in [4.78, 5) is 26.8. The summed E-state index contributed by atoms with van der Waals surface area (Å²) in [5, 5.41) is 2.67. The molecule has 0 aromatic heterocycles. The summed E-state index contributed by atoms with van der Waals surface area (Å²) in [6.45, 7) is 2.12. The predicted octanol–water partition coefficient (Wildman–Crippen LogP) is 5.12. The van der Waals surface area contributed by atoms with Gasteiger partial charge in [0.1, 0.15) is 5.82 Å². The molecule has 0 saturated heterocycles. The number of anilines is 1. The van der Waals surface area contributed by atoms with E-state index in [0.29, 0.717) is 17.2 Å². The number of nitrogens with one attached hydrogen (secondary N) is 1. The van der Waals surface area contributed by atoms with Gasteiger partial charge in [-0.05, 0) is 62.1 Å². The van der Waals surface area contributed by atoms with Gasteiger partial charge in [-0.15, -0.1) is 0 Å². The lowest BCUT2D eigenvalue weighted by Crippen LogP contribution is -2.40. The van der Waals surface area contributed by atoms with Crippen LogP contribution in [0, 0.1) is 11.7 Å². The molecule has 0 aliphatic heterocycles. The minimum atomic E-state index is -0.565. The van der Waals surface area contributed by atoms with E-state index in [2.05, 4.69) is 12.2 Å². The van der Waals surface area contributed by atoms with Crippen LogP contribution in [-0.2, 0) is 0 Å². The molecule has 4 nitrogen and oxygen atoms in total. The van der Waals surface area contributed by atoms with Crippen LogP contribution in [0.2, 0.25) is 0 Å². The zero-order chi connectivity index (χ0) is 20.1. The fourth-order valence-corrected chi connectivity index (χ4v) is 3.86. The van der Waals surface area contributed by atoms with Crippen molar-refractivity contribution in [2.24, 2.45) is 5.92 Å². The lowest BCUT2D eigenvalue weighted by atomic mass is 9.84. The van der Waals surface area contributed by atoms with Gasteiger partial charge in [-0.25, -0.2) is 4.39 Å². The second-order valence-electron chi connectivity index (χ2n) is 7.57. The normalized spacial score (nSPS) is 15.7. The van der Waals surface area contributed by atoms with Gasteiger partial charge >= 0.3 is 0 Å². The molecule has 1 aliphatic rings. The lowest BCUT2D eigenvalue weighted by molar-refractivity contribution is 0.0665. The Kier molecular flexibility index (Phi) is 6.45. The Morgan fingerprint density at radius 1 is 1.04 bits per heavy atom. The monoisotopic (exact) mass is 382 g/mol. The van der Waals surface area contributed by atoms with Crippen molar-refractivity contribution in [3.8, 4) is 0 Å². The van der Waals surface area contributed by atoms with Crippen LogP contribution < -0.4 is 5.32 Å². The highest BCUT2D eigenvalue weighted by Gasteiger charge is 2.26. The quantitative estimate of drug-likeness (QED) is 0.780. The van der Waals surface area contributed by atoms with E-state index in [-0.39, 0.29) is 17.5 Å². The first-order valence-electron chi connectivity index (χ1n) is 9.90. The van der Waals surface area contributed by atoms with Crippen LogP contribution in [0.25, 0.3) is 0 Å². The SMILES string of the molecule is C[C@H](C1CCCCC1)N(C)C(=O)c1ccc(NC(=O)c2ccccc2F)cc1. The van der Waals surface area contributed by atoms with Crippen LogP contribution in [-0.4, -0.2) is 29.8 Å². The maximum absolute atomic E-state index is 13.7. The Hall–Kier alpha value is -2.69. The van der Waals surface area contributed by atoms with Gasteiger partial charge in [-0.1, -0.05) is 31.4 Å². The maximum atomic E-state index is 13.7. The van der Waals surface area contributed by atoms with E-state index < -0.39 is 11.7 Å². The molecule has 0 radical (unpaired) electrons. The van der Waals surface area contributed by atoms with Gasteiger partial charge < -0.3 is 10.2 Å². The smallest absolute Gasteiger partial charge is 0.258 e. The van der Waals surface area contributed by atoms with Crippen molar-refractivity contribution < 1.29 is 14.0 Å². The van der Waals surface area contributed by atoms with Crippen molar-refractivity contribution in [1.29, 1.82) is 0 Å². The first-order valence-corrected chi connectivity index (χ1v) is 9.90. The Balaban J connectivity index is 1.64. The molecule has 0 unspecified atom stereocenters. The van der Waals surface area contributed by atoms with Gasteiger partial charge in [0.15, 0.2) is 0 Å². The average molecular weight is 382 g/mol. The zero-order valence-corrected chi connectivity index (χ0v) is 16.5. The van der Waals surface area contributed by atoms with Crippen LogP contribution in [0.4, 0.5) is 10.1 Å². The molecule has 1 aliphatic carbocycles. The first kappa shape index (κ1) is 20.1. The first-order chi connectivity index (χ1) is 13.5. The van der Waals surface area contributed by atoms with Crippen LogP contribution >= 0.6 is 0 Å². The highest BCUT2D eigenvalue weighted by Crippen LogP contribution is 2.29. The highest BCUT2D eigenvalue weighted by atomic mass is 19.1. The summed E-state index contributed by atoms with van der Waals surface area (Å²) in [5.74, 6) is -0.544. The molecule has 28 heavy (non-hydrogen) atoms. The molecule has 1 saturated carbocycles. The molecule has 2 amide bonds. The van der Waals surface area contributed by atoms with Gasteiger partial charge in [0, 0.05) is 24.3 Å². The molecular formula is C23H27FN2O2. The fraction of sp³-hybridized carbons (Fsp3) is 0.391. The van der Waals surface area contributed by atoms with E-state index in [0.717, 1.165) is 0 Å². The molecule has 0 bridgehead atoms. The van der Waals surface area contributed by atoms with Crippen molar-refractivity contribution >= 4 is 17.5 Å². The van der Waals surface area contributed by atoms with Crippen molar-refractivity contribution in [3.05, 3.63) is 65.5 Å². The maximum Gasteiger partial charge on any atom is 0.258 e. The van der Waals surface area contributed by atoms with Gasteiger partial charge in [0.2, 0.25) is 0 Å². The van der Waals surface area contributed by atoms with E-state index >= 15 is 0 Å². The fourth-order valence-electron chi connectivity index (χ4n) is 3.86. The summed E-state index contributed by atoms with van der Waals surface area (Å²) in [6, 6.07) is 12.8. The summed E-state index contributed by atoms with van der Waals surface area (Å²) >= 11 is 0. The number of carbonyl (C=O) groups is 2. The lowest BCUT2D eigenvalue weighted by Gasteiger charge is -2.34. The second kappa shape index (κ2) is 9.00. The van der Waals surface area contributed by atoms with Crippen LogP contribution in [0.5, 0.6) is 0 Å². The van der Waals surface area contributed by atoms with Gasteiger partial charge in [0.05, 0.1) is 5.56 Å². The number of rotatable bonds is 5. The van der Waals surface area contributed by atoms with E-state index in [1.54, 1.807) is 30.3 Å². The van der Waals surface area contributed by atoms with E-state index in [9.17, 15) is 14.0 Å². The summed E-state index contributed by atoms with van der Waals surface area (Å²) in [7, 11) is 1.86. The Bertz CT molecular complexity index is 829. The molecule has 1 fully saturated rings. The third-order valence-electron chi connectivity index (χ3n) is 5.77. The molecule has 2 aromatic rings. The van der Waals surface area contributed by atoms with Gasteiger partial charge in [-0.2, -0.15) is 0 Å². The molecule has 148 valence electrons. The highest BCUT2D eigenvalue weighted by molar-refractivity contribution is 6.04. The molecule has 0 heterocycles. The molecule has 1 N–H and O–H groups in total. The van der Waals surface area contributed by atoms with Crippen LogP contribution in [0.3, 0.4) is 0 Å². The number of benzene rings is 2. The minimum Gasteiger partial charge on any atom is -0.339 e. The predicted molar refractivity (Wildman–Crippen MR) is 109 cm³/mol. The number of hydrogen-bond donors (Lipinski definition) is 1. The molecular weight excluding hydrogens is 355 g/mol. The van der Waals surface area contributed by atoms with E-state index in [4.69, 9.17) is 0 Å². The third-order valence-corrected chi connectivity index (χ3v) is 5.77. The number of nitrogens with zero attached hydrogens (tertiary/aromatic N) is 1. The largest absolute Gasteiger partial charge is 0.339 e. The zero-order valence-electron chi connectivity index (χ0n) is 16.5. The van der Waals surface area contributed by atoms with Crippen LogP contribution in [0.15, 0.2) is 48.5 Å². The average Bonchev–Trinajstić information content (AvgIpc) is 2.73. The Morgan fingerprint density at radius 3 is 2.32 bits per heavy atom. The number of carbonyl (C=O) groups excluding carboxylic acids is 2. The Morgan fingerprint density at radius 2 is 1.68 bits per heavy atom. The van der Waals surface area contributed by atoms with Crippen molar-refractivity contribution in [2.45, 2.75) is 45.1 Å². The van der Waals surface area contributed by atoms with Gasteiger partial charge in [0.25, 0.3) is 11.8 Å². The van der Waals surface area contributed by atoms with Crippen molar-refractivity contribution in [1.82, 2.24) is 4.90 Å². The number of halogens is 1. The summed E-state index contributed by atoms with van der Waals surface area (Å²) < 4.78 is 13.7. The number of amides is 2. The molecule has 1 atom stereocenters. The summed E-state index contributed by atoms with van der Waals surface area (Å²) in [5.41, 5.74) is 1.09.